The van der Waals surface area contributed by atoms with Gasteiger partial charge in [0.05, 0.1) is 6.26 Å². The molecular formula is C20H29N5O5S3. The predicted octanol–water partition coefficient (Wildman–Crippen LogP) is 4.20. The van der Waals surface area contributed by atoms with E-state index in [0.29, 0.717) is 30.3 Å². The number of furan rings is 1. The zero-order valence-electron chi connectivity index (χ0n) is 18.8. The molecule has 0 aromatic carbocycles. The summed E-state index contributed by atoms with van der Waals surface area (Å²) in [6.45, 7) is 6.05. The SMILES string of the molecule is CC[C@@H](N=C(NSO)C(N)=Nc1csc(S(=O)(=O)N(C)C2CC2)c1O)c1cc(C(C)C)co1. The Balaban J connectivity index is 1.90. The topological polar surface area (TPSA) is 154 Å². The Kier molecular flexibility index (Phi) is 8.11. The number of nitrogens with two attached hydrogens (primary N) is 1. The second kappa shape index (κ2) is 10.5. The van der Waals surface area contributed by atoms with Gasteiger partial charge in [0.2, 0.25) is 0 Å². The summed E-state index contributed by atoms with van der Waals surface area (Å²) >= 11 is 1.17. The van der Waals surface area contributed by atoms with Crippen LogP contribution in [0.1, 0.15) is 63.3 Å². The number of nitrogens with zero attached hydrogens (tertiary/aromatic N) is 3. The zero-order valence-corrected chi connectivity index (χ0v) is 21.3. The van der Waals surface area contributed by atoms with Gasteiger partial charge in [-0.3, -0.25) is 9.71 Å². The molecule has 0 saturated heterocycles. The molecule has 13 heteroatoms. The Morgan fingerprint density at radius 2 is 2.15 bits per heavy atom. The van der Waals surface area contributed by atoms with E-state index in [1.54, 1.807) is 6.26 Å². The number of amidine groups is 2. The molecule has 0 unspecified atom stereocenters. The molecule has 0 spiro atoms. The lowest BCUT2D eigenvalue weighted by atomic mass is 10.1. The first kappa shape index (κ1) is 25.6. The molecule has 0 radical (unpaired) electrons. The summed E-state index contributed by atoms with van der Waals surface area (Å²) < 4.78 is 44.2. The minimum Gasteiger partial charge on any atom is -0.504 e. The van der Waals surface area contributed by atoms with Gasteiger partial charge in [0.15, 0.2) is 21.6 Å². The lowest BCUT2D eigenvalue weighted by Gasteiger charge is -2.15. The van der Waals surface area contributed by atoms with Crippen LogP contribution in [0.3, 0.4) is 0 Å². The number of aromatic hydroxyl groups is 1. The summed E-state index contributed by atoms with van der Waals surface area (Å²) in [4.78, 5) is 8.71. The van der Waals surface area contributed by atoms with E-state index in [2.05, 4.69) is 28.6 Å². The van der Waals surface area contributed by atoms with Crippen molar-refractivity contribution in [3.05, 3.63) is 29.0 Å². The number of sulfonamides is 1. The molecule has 10 nitrogen and oxygen atoms in total. The second-order valence-electron chi connectivity index (χ2n) is 8.04. The standard InChI is InChI=1S/C20H29N5O5S3/c1-5-14(16-8-12(9-30-16)11(2)3)23-19(24-32-27)18(21)22-15-10-31-20(17(15)26)33(28,29)25(4)13-6-7-13/h8-11,13-14,26-27H,5-7H2,1-4H3,(H2,21,22)(H,23,24)/t14-/m1/s1. The first-order valence-electron chi connectivity index (χ1n) is 10.5. The molecule has 0 bridgehead atoms. The van der Waals surface area contributed by atoms with Crippen LogP contribution in [-0.4, -0.2) is 47.1 Å². The Morgan fingerprint density at radius 1 is 1.45 bits per heavy atom. The van der Waals surface area contributed by atoms with Gasteiger partial charge in [0.25, 0.3) is 10.0 Å². The molecule has 0 aliphatic heterocycles. The van der Waals surface area contributed by atoms with Crippen LogP contribution in [0.5, 0.6) is 5.75 Å². The smallest absolute Gasteiger partial charge is 0.256 e. The van der Waals surface area contributed by atoms with Crippen molar-refractivity contribution in [1.82, 2.24) is 9.03 Å². The fourth-order valence-electron chi connectivity index (χ4n) is 3.08. The molecular weight excluding hydrogens is 486 g/mol. The van der Waals surface area contributed by atoms with Crippen molar-refractivity contribution in [1.29, 1.82) is 0 Å². The molecule has 33 heavy (non-hydrogen) atoms. The van der Waals surface area contributed by atoms with Crippen LogP contribution >= 0.6 is 23.6 Å². The van der Waals surface area contributed by atoms with Crippen LogP contribution in [-0.2, 0) is 10.0 Å². The molecule has 2 heterocycles. The molecule has 1 atom stereocenters. The van der Waals surface area contributed by atoms with Crippen molar-refractivity contribution in [2.75, 3.05) is 7.05 Å². The van der Waals surface area contributed by atoms with Gasteiger partial charge in [-0.25, -0.2) is 13.4 Å². The molecule has 1 aliphatic rings. The van der Waals surface area contributed by atoms with Crippen LogP contribution < -0.4 is 10.5 Å². The summed E-state index contributed by atoms with van der Waals surface area (Å²) in [5.74, 6) is 0.421. The van der Waals surface area contributed by atoms with Crippen molar-refractivity contribution in [3.8, 4) is 5.75 Å². The molecule has 1 fully saturated rings. The maximum absolute atomic E-state index is 12.8. The summed E-state index contributed by atoms with van der Waals surface area (Å²) in [7, 11) is -2.33. The molecule has 0 amide bonds. The molecule has 1 aliphatic carbocycles. The van der Waals surface area contributed by atoms with Gasteiger partial charge in [-0.1, -0.05) is 20.8 Å². The highest BCUT2D eigenvalue weighted by Gasteiger charge is 2.37. The zero-order chi connectivity index (χ0) is 24.3. The number of hydrogen-bond donors (Lipinski definition) is 4. The van der Waals surface area contributed by atoms with Crippen LogP contribution in [0.2, 0.25) is 0 Å². The van der Waals surface area contributed by atoms with E-state index in [9.17, 15) is 18.1 Å². The maximum Gasteiger partial charge on any atom is 0.256 e. The van der Waals surface area contributed by atoms with Gasteiger partial charge >= 0.3 is 0 Å². The summed E-state index contributed by atoms with van der Waals surface area (Å²) in [6, 6.07) is 1.50. The lowest BCUT2D eigenvalue weighted by molar-refractivity contribution is 0.445. The van der Waals surface area contributed by atoms with Crippen molar-refractivity contribution in [2.24, 2.45) is 15.7 Å². The maximum atomic E-state index is 12.8. The van der Waals surface area contributed by atoms with E-state index < -0.39 is 15.8 Å². The van der Waals surface area contributed by atoms with Gasteiger partial charge in [-0.15, -0.1) is 11.3 Å². The fraction of sp³-hybridized carbons (Fsp3) is 0.500. The number of nitrogens with one attached hydrogen (secondary N) is 1. The lowest BCUT2D eigenvalue weighted by Crippen LogP contribution is -2.33. The Hall–Kier alpha value is -2.06. The normalized spacial score (nSPS) is 16.6. The molecule has 2 aromatic heterocycles. The minimum atomic E-state index is -3.83. The van der Waals surface area contributed by atoms with Crippen LogP contribution in [0.4, 0.5) is 5.69 Å². The molecule has 1 saturated carbocycles. The largest absolute Gasteiger partial charge is 0.504 e. The average molecular weight is 516 g/mol. The van der Waals surface area contributed by atoms with Gasteiger partial charge < -0.3 is 19.8 Å². The third-order valence-corrected chi connectivity index (χ3v) is 8.99. The highest BCUT2D eigenvalue weighted by Crippen LogP contribution is 2.42. The van der Waals surface area contributed by atoms with Crippen molar-refractivity contribution >= 4 is 50.9 Å². The third-order valence-electron chi connectivity index (χ3n) is 5.32. The number of aliphatic imine (C=N–C) groups is 2. The van der Waals surface area contributed by atoms with E-state index in [0.717, 1.165) is 29.7 Å². The highest BCUT2D eigenvalue weighted by atomic mass is 32.2. The van der Waals surface area contributed by atoms with Gasteiger partial charge in [0, 0.05) is 18.5 Å². The quantitative estimate of drug-likeness (QED) is 0.168. The second-order valence-corrected chi connectivity index (χ2v) is 11.5. The van der Waals surface area contributed by atoms with Crippen molar-refractivity contribution in [2.45, 2.75) is 62.2 Å². The van der Waals surface area contributed by atoms with E-state index >= 15 is 0 Å². The Bertz CT molecular complexity index is 1130. The van der Waals surface area contributed by atoms with Crippen LogP contribution in [0.25, 0.3) is 0 Å². The van der Waals surface area contributed by atoms with E-state index in [1.807, 2.05) is 13.0 Å². The monoisotopic (exact) mass is 515 g/mol. The van der Waals surface area contributed by atoms with Gasteiger partial charge in [-0.05, 0) is 36.8 Å². The third kappa shape index (κ3) is 5.72. The van der Waals surface area contributed by atoms with E-state index in [1.165, 1.54) is 16.7 Å². The number of thiophene rings is 1. The molecule has 182 valence electrons. The molecule has 2 aromatic rings. The first-order valence-corrected chi connectivity index (χ1v) is 13.5. The predicted molar refractivity (Wildman–Crippen MR) is 132 cm³/mol. The minimum absolute atomic E-state index is 0.00542. The van der Waals surface area contributed by atoms with Gasteiger partial charge in [-0.2, -0.15) is 4.31 Å². The molecule has 3 rings (SSSR count). The van der Waals surface area contributed by atoms with Crippen LogP contribution in [0.15, 0.2) is 36.3 Å². The number of rotatable bonds is 9. The van der Waals surface area contributed by atoms with E-state index in [-0.39, 0.29) is 33.7 Å². The van der Waals surface area contributed by atoms with Crippen LogP contribution in [0, 0.1) is 0 Å². The van der Waals surface area contributed by atoms with Crippen molar-refractivity contribution < 1.29 is 22.5 Å². The number of hydrogen-bond acceptors (Lipinski definition) is 9. The van der Waals surface area contributed by atoms with Gasteiger partial charge in [0.1, 0.15) is 29.7 Å². The van der Waals surface area contributed by atoms with E-state index in [4.69, 9.17) is 10.2 Å². The first-order chi connectivity index (χ1) is 15.6. The average Bonchev–Trinajstić information content (AvgIpc) is 3.38. The highest BCUT2D eigenvalue weighted by molar-refractivity contribution is 7.92. The Morgan fingerprint density at radius 3 is 2.70 bits per heavy atom. The Labute approximate surface area is 202 Å². The summed E-state index contributed by atoms with van der Waals surface area (Å²) in [5.41, 5.74) is 7.16. The summed E-state index contributed by atoms with van der Waals surface area (Å²) in [6.07, 6.45) is 3.89. The molecule has 5 N–H and O–H groups in total. The summed E-state index contributed by atoms with van der Waals surface area (Å²) in [5, 5.41) is 12.0. The van der Waals surface area contributed by atoms with Crippen molar-refractivity contribution in [3.63, 3.8) is 0 Å². The fourth-order valence-corrected chi connectivity index (χ4v) is 6.12.